The second-order valence-electron chi connectivity index (χ2n) is 3.76. The third kappa shape index (κ3) is 4.41. The van der Waals surface area contributed by atoms with Gasteiger partial charge in [-0.05, 0) is 24.3 Å². The van der Waals surface area contributed by atoms with Crippen molar-refractivity contribution in [2.75, 3.05) is 12.4 Å². The first kappa shape index (κ1) is 15.2. The summed E-state index contributed by atoms with van der Waals surface area (Å²) in [7, 11) is 1.77. The van der Waals surface area contributed by atoms with Gasteiger partial charge in [0.2, 0.25) is 0 Å². The van der Waals surface area contributed by atoms with Crippen molar-refractivity contribution in [3.05, 3.63) is 64.2 Å². The molecule has 0 aliphatic rings. The van der Waals surface area contributed by atoms with Gasteiger partial charge in [-0.25, -0.2) is 0 Å². The molecule has 0 amide bonds. The first-order valence-corrected chi connectivity index (χ1v) is 5.79. The summed E-state index contributed by atoms with van der Waals surface area (Å²) in [6.45, 7) is 0. The highest BCUT2D eigenvalue weighted by molar-refractivity contribution is 5.80. The highest BCUT2D eigenvalue weighted by Crippen LogP contribution is 2.14. The van der Waals surface area contributed by atoms with Gasteiger partial charge in [-0.2, -0.15) is 0 Å². The van der Waals surface area contributed by atoms with Crippen molar-refractivity contribution in [2.24, 2.45) is 0 Å². The maximum Gasteiger partial charge on any atom is 0.269 e. The van der Waals surface area contributed by atoms with Crippen LogP contribution < -0.4 is 5.32 Å². The Bertz CT molecular complexity index is 582. The largest absolute Gasteiger partial charge is 0.507 e. The van der Waals surface area contributed by atoms with Crippen molar-refractivity contribution in [3.63, 3.8) is 0 Å². The summed E-state index contributed by atoms with van der Waals surface area (Å²) >= 11 is 0. The maximum atomic E-state index is 10.2. The number of nitrogens with one attached hydrogen (secondary N) is 2. The SMILES string of the molecule is CNc1ccc([N+](=O)[O-])cc1.N=Cc1ccccc1O. The Morgan fingerprint density at radius 1 is 1.20 bits per heavy atom. The summed E-state index contributed by atoms with van der Waals surface area (Å²) in [5.74, 6) is 0.160. The molecule has 0 saturated carbocycles. The van der Waals surface area contributed by atoms with Gasteiger partial charge in [0, 0.05) is 36.6 Å². The van der Waals surface area contributed by atoms with Gasteiger partial charge in [0.25, 0.3) is 5.69 Å². The molecule has 0 spiro atoms. The quantitative estimate of drug-likeness (QED) is 0.454. The maximum absolute atomic E-state index is 10.2. The van der Waals surface area contributed by atoms with Crippen LogP contribution in [0.5, 0.6) is 5.75 Å². The molecule has 0 heterocycles. The van der Waals surface area contributed by atoms with E-state index in [1.54, 1.807) is 43.4 Å². The Kier molecular flexibility index (Phi) is 5.71. The van der Waals surface area contributed by atoms with E-state index in [9.17, 15) is 10.1 Å². The fraction of sp³-hybridized carbons (Fsp3) is 0.0714. The molecule has 0 bridgehead atoms. The molecule has 104 valence electrons. The van der Waals surface area contributed by atoms with E-state index in [-0.39, 0.29) is 11.4 Å². The minimum atomic E-state index is -0.417. The molecule has 0 atom stereocenters. The van der Waals surface area contributed by atoms with Crippen LogP contribution in [0.2, 0.25) is 0 Å². The first-order valence-electron chi connectivity index (χ1n) is 5.79. The standard InChI is InChI=1S/C7H8N2O2.C7H7NO/c1-8-6-2-4-7(5-3-6)9(10)11;8-5-6-3-1-2-4-7(6)9/h2-5,8H,1H3;1-5,8-9H. The molecule has 2 aromatic carbocycles. The number of nitro groups is 1. The van der Waals surface area contributed by atoms with E-state index >= 15 is 0 Å². The van der Waals surface area contributed by atoms with E-state index in [1.165, 1.54) is 12.1 Å². The van der Waals surface area contributed by atoms with Crippen LogP contribution in [-0.2, 0) is 0 Å². The van der Waals surface area contributed by atoms with Crippen LogP contribution in [0.4, 0.5) is 11.4 Å². The van der Waals surface area contributed by atoms with Crippen molar-refractivity contribution >= 4 is 17.6 Å². The number of non-ortho nitro benzene ring substituents is 1. The predicted octanol–water partition coefficient (Wildman–Crippen LogP) is 3.03. The molecule has 20 heavy (non-hydrogen) atoms. The monoisotopic (exact) mass is 273 g/mol. The molecule has 6 nitrogen and oxygen atoms in total. The zero-order chi connectivity index (χ0) is 15.0. The van der Waals surface area contributed by atoms with Crippen LogP contribution in [0.1, 0.15) is 5.56 Å². The molecule has 0 aromatic heterocycles. The van der Waals surface area contributed by atoms with Gasteiger partial charge >= 0.3 is 0 Å². The third-order valence-electron chi connectivity index (χ3n) is 2.46. The second kappa shape index (κ2) is 7.52. The van der Waals surface area contributed by atoms with E-state index in [0.717, 1.165) is 11.9 Å². The minimum absolute atomic E-state index is 0.115. The number of phenolic OH excluding ortho intramolecular Hbond substituents is 1. The predicted molar refractivity (Wildman–Crippen MR) is 78.6 cm³/mol. The Morgan fingerprint density at radius 3 is 2.20 bits per heavy atom. The smallest absolute Gasteiger partial charge is 0.269 e. The highest BCUT2D eigenvalue weighted by atomic mass is 16.6. The fourth-order valence-corrected chi connectivity index (χ4v) is 1.36. The molecule has 3 N–H and O–H groups in total. The van der Waals surface area contributed by atoms with E-state index < -0.39 is 4.92 Å². The number of hydrogen-bond acceptors (Lipinski definition) is 5. The molecule has 2 rings (SSSR count). The average molecular weight is 273 g/mol. The van der Waals surface area contributed by atoms with Gasteiger partial charge in [-0.15, -0.1) is 0 Å². The van der Waals surface area contributed by atoms with Gasteiger partial charge in [0.15, 0.2) is 0 Å². The van der Waals surface area contributed by atoms with Gasteiger partial charge in [0.1, 0.15) is 5.75 Å². The summed E-state index contributed by atoms with van der Waals surface area (Å²) in [4.78, 5) is 9.77. The van der Waals surface area contributed by atoms with Crippen molar-refractivity contribution < 1.29 is 10.0 Å². The normalized spacial score (nSPS) is 9.05. The number of aromatic hydroxyl groups is 1. The molecule has 0 saturated heterocycles. The van der Waals surface area contributed by atoms with Crippen molar-refractivity contribution in [1.82, 2.24) is 0 Å². The summed E-state index contributed by atoms with van der Waals surface area (Å²) in [6.07, 6.45) is 1.12. The molecule has 6 heteroatoms. The summed E-state index contributed by atoms with van der Waals surface area (Å²) in [6, 6.07) is 13.0. The Balaban J connectivity index is 0.000000204. The molecule has 0 aliphatic carbocycles. The molecular weight excluding hydrogens is 258 g/mol. The number of hydrogen-bond donors (Lipinski definition) is 3. The van der Waals surface area contributed by atoms with Gasteiger partial charge in [0.05, 0.1) is 4.92 Å². The minimum Gasteiger partial charge on any atom is -0.507 e. The van der Waals surface area contributed by atoms with Crippen molar-refractivity contribution in [1.29, 1.82) is 5.41 Å². The lowest BCUT2D eigenvalue weighted by atomic mass is 10.2. The molecule has 0 aliphatic heterocycles. The second-order valence-corrected chi connectivity index (χ2v) is 3.76. The summed E-state index contributed by atoms with van der Waals surface area (Å²) < 4.78 is 0. The van der Waals surface area contributed by atoms with Gasteiger partial charge < -0.3 is 15.8 Å². The van der Waals surface area contributed by atoms with Gasteiger partial charge in [-0.3, -0.25) is 10.1 Å². The van der Waals surface area contributed by atoms with Gasteiger partial charge in [-0.1, -0.05) is 12.1 Å². The van der Waals surface area contributed by atoms with Crippen LogP contribution in [0.25, 0.3) is 0 Å². The molecule has 2 aromatic rings. The zero-order valence-corrected chi connectivity index (χ0v) is 10.9. The number of anilines is 1. The Labute approximate surface area is 116 Å². The molecule has 0 radical (unpaired) electrons. The lowest BCUT2D eigenvalue weighted by molar-refractivity contribution is -0.384. The number of phenols is 1. The molecule has 0 fully saturated rings. The summed E-state index contributed by atoms with van der Waals surface area (Å²) in [5.41, 5.74) is 1.54. The lowest BCUT2D eigenvalue weighted by Gasteiger charge is -1.96. The van der Waals surface area contributed by atoms with Crippen LogP contribution in [0.3, 0.4) is 0 Å². The number of para-hydroxylation sites is 1. The molecular formula is C14H15N3O3. The summed E-state index contributed by atoms with van der Waals surface area (Å²) in [5, 5.41) is 28.8. The van der Waals surface area contributed by atoms with Crippen LogP contribution >= 0.6 is 0 Å². The van der Waals surface area contributed by atoms with E-state index in [2.05, 4.69) is 5.32 Å². The Hall–Kier alpha value is -2.89. The first-order chi connectivity index (χ1) is 9.58. The van der Waals surface area contributed by atoms with E-state index in [0.29, 0.717) is 5.56 Å². The van der Waals surface area contributed by atoms with E-state index in [4.69, 9.17) is 10.5 Å². The van der Waals surface area contributed by atoms with Crippen LogP contribution in [-0.4, -0.2) is 23.3 Å². The topological polar surface area (TPSA) is 99.3 Å². The molecule has 0 unspecified atom stereocenters. The average Bonchev–Trinajstić information content (AvgIpc) is 2.48. The van der Waals surface area contributed by atoms with Crippen LogP contribution in [0.15, 0.2) is 48.5 Å². The zero-order valence-electron chi connectivity index (χ0n) is 10.9. The highest BCUT2D eigenvalue weighted by Gasteiger charge is 2.01. The van der Waals surface area contributed by atoms with Crippen molar-refractivity contribution in [3.8, 4) is 5.75 Å². The van der Waals surface area contributed by atoms with E-state index in [1.807, 2.05) is 0 Å². The third-order valence-corrected chi connectivity index (χ3v) is 2.46. The number of nitrogens with zero attached hydrogens (tertiary/aromatic N) is 1. The number of rotatable bonds is 3. The van der Waals surface area contributed by atoms with Crippen molar-refractivity contribution in [2.45, 2.75) is 0 Å². The Morgan fingerprint density at radius 2 is 1.80 bits per heavy atom. The number of nitro benzene ring substituents is 1. The van der Waals surface area contributed by atoms with Crippen LogP contribution in [0, 0.1) is 15.5 Å². The lowest BCUT2D eigenvalue weighted by Crippen LogP contribution is -1.89. The number of benzene rings is 2. The fourth-order valence-electron chi connectivity index (χ4n) is 1.36.